The number of hydrogen-bond donors (Lipinski definition) is 2. The van der Waals surface area contributed by atoms with Gasteiger partial charge < -0.3 is 10.6 Å². The van der Waals surface area contributed by atoms with Gasteiger partial charge in [-0.05, 0) is 49.1 Å². The van der Waals surface area contributed by atoms with E-state index in [9.17, 15) is 9.59 Å². The largest absolute Gasteiger partial charge is 0.350 e. The van der Waals surface area contributed by atoms with Crippen LogP contribution in [-0.2, 0) is 0 Å². The zero-order chi connectivity index (χ0) is 17.7. The molecule has 2 N–H and O–H groups in total. The van der Waals surface area contributed by atoms with E-state index in [1.54, 1.807) is 6.07 Å². The van der Waals surface area contributed by atoms with Gasteiger partial charge in [0.15, 0.2) is 0 Å². The Kier molecular flexibility index (Phi) is 5.68. The molecule has 0 aliphatic carbocycles. The third-order valence-corrected chi connectivity index (χ3v) is 3.78. The number of amides is 2. The summed E-state index contributed by atoms with van der Waals surface area (Å²) in [7, 11) is 0. The summed E-state index contributed by atoms with van der Waals surface area (Å²) in [6, 6.07) is 8.86. The molecular formula is C19H23N3O2. The van der Waals surface area contributed by atoms with E-state index in [0.717, 1.165) is 16.8 Å². The summed E-state index contributed by atoms with van der Waals surface area (Å²) in [4.78, 5) is 28.6. The summed E-state index contributed by atoms with van der Waals surface area (Å²) in [6.07, 6.45) is 1.47. The number of hydrogen-bond acceptors (Lipinski definition) is 3. The minimum absolute atomic E-state index is 0.240. The number of benzene rings is 1. The van der Waals surface area contributed by atoms with Gasteiger partial charge in [0, 0.05) is 24.0 Å². The summed E-state index contributed by atoms with van der Waals surface area (Å²) >= 11 is 0. The molecule has 0 saturated heterocycles. The Morgan fingerprint density at radius 2 is 1.88 bits per heavy atom. The molecule has 24 heavy (non-hydrogen) atoms. The number of aryl methyl sites for hydroxylation is 1. The smallest absolute Gasteiger partial charge is 0.269 e. The average molecular weight is 325 g/mol. The lowest BCUT2D eigenvalue weighted by molar-refractivity contribution is 0.0944. The second kappa shape index (κ2) is 7.73. The van der Waals surface area contributed by atoms with Crippen LogP contribution in [0.3, 0.4) is 0 Å². The zero-order valence-electron chi connectivity index (χ0n) is 14.5. The van der Waals surface area contributed by atoms with Crippen LogP contribution >= 0.6 is 0 Å². The molecule has 0 aliphatic rings. The molecule has 1 aromatic heterocycles. The first-order chi connectivity index (χ1) is 11.4. The van der Waals surface area contributed by atoms with Crippen molar-refractivity contribution in [3.63, 3.8) is 0 Å². The maximum atomic E-state index is 12.4. The predicted octanol–water partition coefficient (Wildman–Crippen LogP) is 3.34. The van der Waals surface area contributed by atoms with E-state index in [1.165, 1.54) is 12.3 Å². The molecule has 126 valence electrons. The van der Waals surface area contributed by atoms with E-state index < -0.39 is 0 Å². The molecule has 0 aliphatic heterocycles. The van der Waals surface area contributed by atoms with Gasteiger partial charge in [0.1, 0.15) is 5.69 Å². The Labute approximate surface area is 142 Å². The third-order valence-electron chi connectivity index (χ3n) is 3.78. The highest BCUT2D eigenvalue weighted by molar-refractivity contribution is 6.06. The van der Waals surface area contributed by atoms with Crippen LogP contribution in [0.15, 0.2) is 36.5 Å². The van der Waals surface area contributed by atoms with Crippen LogP contribution < -0.4 is 10.6 Å². The van der Waals surface area contributed by atoms with Crippen LogP contribution in [0.1, 0.15) is 45.8 Å². The van der Waals surface area contributed by atoms with Crippen molar-refractivity contribution in [1.29, 1.82) is 0 Å². The van der Waals surface area contributed by atoms with Crippen molar-refractivity contribution in [3.8, 4) is 0 Å². The summed E-state index contributed by atoms with van der Waals surface area (Å²) in [6.45, 7) is 8.56. The minimum Gasteiger partial charge on any atom is -0.350 e. The van der Waals surface area contributed by atoms with Crippen molar-refractivity contribution in [2.75, 3.05) is 11.9 Å². The Balaban J connectivity index is 2.14. The van der Waals surface area contributed by atoms with Crippen molar-refractivity contribution in [2.24, 2.45) is 5.92 Å². The maximum absolute atomic E-state index is 12.4. The van der Waals surface area contributed by atoms with Crippen LogP contribution in [0.25, 0.3) is 0 Å². The Morgan fingerprint density at radius 3 is 2.58 bits per heavy atom. The number of anilines is 1. The lowest BCUT2D eigenvalue weighted by Gasteiger charge is -2.11. The zero-order valence-corrected chi connectivity index (χ0v) is 14.5. The molecule has 0 spiro atoms. The fourth-order valence-corrected chi connectivity index (χ4v) is 2.16. The lowest BCUT2D eigenvalue weighted by atomic mass is 10.1. The number of pyridine rings is 1. The SMILES string of the molecule is Cc1cccc(NC(=O)c2ccnc(C(=O)NCC(C)C)c2)c1C. The highest BCUT2D eigenvalue weighted by Gasteiger charge is 2.13. The number of nitrogens with zero attached hydrogens (tertiary/aromatic N) is 1. The fraction of sp³-hybridized carbons (Fsp3) is 0.316. The van der Waals surface area contributed by atoms with Crippen LogP contribution in [0, 0.1) is 19.8 Å². The summed E-state index contributed by atoms with van der Waals surface area (Å²) in [5, 5.41) is 5.68. The monoisotopic (exact) mass is 325 g/mol. The minimum atomic E-state index is -0.273. The first-order valence-electron chi connectivity index (χ1n) is 8.00. The van der Waals surface area contributed by atoms with Gasteiger partial charge in [-0.3, -0.25) is 14.6 Å². The number of aromatic nitrogens is 1. The number of carbonyl (C=O) groups excluding carboxylic acids is 2. The van der Waals surface area contributed by atoms with Crippen molar-refractivity contribution >= 4 is 17.5 Å². The molecule has 0 fully saturated rings. The van der Waals surface area contributed by atoms with Crippen LogP contribution in [-0.4, -0.2) is 23.3 Å². The molecule has 1 aromatic carbocycles. The van der Waals surface area contributed by atoms with Crippen LogP contribution in [0.2, 0.25) is 0 Å². The molecule has 2 aromatic rings. The van der Waals surface area contributed by atoms with E-state index in [4.69, 9.17) is 0 Å². The molecular weight excluding hydrogens is 302 g/mol. The molecule has 0 bridgehead atoms. The van der Waals surface area contributed by atoms with E-state index in [1.807, 2.05) is 45.9 Å². The third kappa shape index (κ3) is 4.41. The summed E-state index contributed by atoms with van der Waals surface area (Å²) in [5.41, 5.74) is 3.54. The van der Waals surface area contributed by atoms with Crippen molar-refractivity contribution in [1.82, 2.24) is 10.3 Å². The second-order valence-electron chi connectivity index (χ2n) is 6.24. The number of carbonyl (C=O) groups is 2. The summed E-state index contributed by atoms with van der Waals surface area (Å²) < 4.78 is 0. The molecule has 2 amide bonds. The van der Waals surface area contributed by atoms with Crippen molar-refractivity contribution < 1.29 is 9.59 Å². The first-order valence-corrected chi connectivity index (χ1v) is 8.00. The molecule has 0 saturated carbocycles. The lowest BCUT2D eigenvalue weighted by Crippen LogP contribution is -2.28. The maximum Gasteiger partial charge on any atom is 0.269 e. The fourth-order valence-electron chi connectivity index (χ4n) is 2.16. The van der Waals surface area contributed by atoms with E-state index >= 15 is 0 Å². The average Bonchev–Trinajstić information content (AvgIpc) is 2.56. The Hall–Kier alpha value is -2.69. The molecule has 5 nitrogen and oxygen atoms in total. The molecule has 5 heteroatoms. The topological polar surface area (TPSA) is 71.1 Å². The normalized spacial score (nSPS) is 10.5. The first kappa shape index (κ1) is 17.7. The van der Waals surface area contributed by atoms with Crippen LogP contribution in [0.4, 0.5) is 5.69 Å². The second-order valence-corrected chi connectivity index (χ2v) is 6.24. The Bertz CT molecular complexity index is 754. The van der Waals surface area contributed by atoms with Gasteiger partial charge in [0.25, 0.3) is 11.8 Å². The van der Waals surface area contributed by atoms with Gasteiger partial charge in [-0.25, -0.2) is 0 Å². The predicted molar refractivity (Wildman–Crippen MR) is 95.3 cm³/mol. The molecule has 0 atom stereocenters. The molecule has 2 rings (SSSR count). The van der Waals surface area contributed by atoms with Gasteiger partial charge in [0.2, 0.25) is 0 Å². The van der Waals surface area contributed by atoms with Crippen molar-refractivity contribution in [3.05, 3.63) is 58.9 Å². The molecule has 1 heterocycles. The number of rotatable bonds is 5. The molecule has 0 radical (unpaired) electrons. The standard InChI is InChI=1S/C19H23N3O2/c1-12(2)11-21-19(24)17-10-15(8-9-20-17)18(23)22-16-7-5-6-13(3)14(16)4/h5-10,12H,11H2,1-4H3,(H,21,24)(H,22,23). The van der Waals surface area contributed by atoms with E-state index in [0.29, 0.717) is 18.0 Å². The van der Waals surface area contributed by atoms with Gasteiger partial charge in [-0.2, -0.15) is 0 Å². The Morgan fingerprint density at radius 1 is 1.12 bits per heavy atom. The quantitative estimate of drug-likeness (QED) is 0.885. The van der Waals surface area contributed by atoms with Gasteiger partial charge in [-0.15, -0.1) is 0 Å². The number of nitrogens with one attached hydrogen (secondary N) is 2. The van der Waals surface area contributed by atoms with Crippen molar-refractivity contribution in [2.45, 2.75) is 27.7 Å². The van der Waals surface area contributed by atoms with Gasteiger partial charge in [-0.1, -0.05) is 26.0 Å². The van der Waals surface area contributed by atoms with Crippen LogP contribution in [0.5, 0.6) is 0 Å². The molecule has 0 unspecified atom stereocenters. The van der Waals surface area contributed by atoms with Gasteiger partial charge >= 0.3 is 0 Å². The summed E-state index contributed by atoms with van der Waals surface area (Å²) in [5.74, 6) is -0.182. The van der Waals surface area contributed by atoms with E-state index in [-0.39, 0.29) is 17.5 Å². The highest BCUT2D eigenvalue weighted by atomic mass is 16.2. The van der Waals surface area contributed by atoms with E-state index in [2.05, 4.69) is 15.6 Å². The highest BCUT2D eigenvalue weighted by Crippen LogP contribution is 2.19. The van der Waals surface area contributed by atoms with Gasteiger partial charge in [0.05, 0.1) is 0 Å².